The molecule has 4 aromatic rings. The van der Waals surface area contributed by atoms with Gasteiger partial charge < -0.3 is 14.4 Å². The van der Waals surface area contributed by atoms with Crippen molar-refractivity contribution in [2.24, 2.45) is 0 Å². The highest BCUT2D eigenvalue weighted by molar-refractivity contribution is 6.03. The van der Waals surface area contributed by atoms with E-state index in [-0.39, 0.29) is 11.8 Å². The molecule has 0 saturated heterocycles. The minimum atomic E-state index is -0.128. The second kappa shape index (κ2) is 8.62. The maximum atomic E-state index is 13.6. The maximum absolute atomic E-state index is 13.6. The standard InChI is InChI=1S/C29H27NO3/c1-19-8-4-5-10-21(19)18-30-26-14-12-20-9-6-7-11-23(20)29(26)25(17-28(30)31)24-16-22(32-2)13-15-27(24)33-3/h4-16,25H,17-18H2,1-3H3. The number of anilines is 1. The van der Waals surface area contributed by atoms with Crippen LogP contribution in [0.2, 0.25) is 0 Å². The van der Waals surface area contributed by atoms with Crippen LogP contribution in [0.1, 0.15) is 34.6 Å². The topological polar surface area (TPSA) is 38.8 Å². The van der Waals surface area contributed by atoms with E-state index >= 15 is 0 Å². The quantitative estimate of drug-likeness (QED) is 0.371. The third-order valence-electron chi connectivity index (χ3n) is 6.67. The second-order valence-electron chi connectivity index (χ2n) is 8.49. The Hall–Kier alpha value is -3.79. The Morgan fingerprint density at radius 2 is 1.70 bits per heavy atom. The molecule has 1 unspecified atom stereocenters. The lowest BCUT2D eigenvalue weighted by Crippen LogP contribution is -2.36. The Kier molecular flexibility index (Phi) is 5.51. The van der Waals surface area contributed by atoms with E-state index in [0.29, 0.717) is 13.0 Å². The van der Waals surface area contributed by atoms with Gasteiger partial charge in [0.05, 0.1) is 20.8 Å². The van der Waals surface area contributed by atoms with Gasteiger partial charge in [0, 0.05) is 23.6 Å². The number of fused-ring (bicyclic) bond motifs is 3. The highest BCUT2D eigenvalue weighted by atomic mass is 16.5. The molecular formula is C29H27NO3. The van der Waals surface area contributed by atoms with Gasteiger partial charge >= 0.3 is 0 Å². The molecule has 1 aliphatic rings. The summed E-state index contributed by atoms with van der Waals surface area (Å²) in [4.78, 5) is 15.5. The van der Waals surface area contributed by atoms with Gasteiger partial charge in [0.1, 0.15) is 11.5 Å². The third kappa shape index (κ3) is 3.72. The molecule has 1 atom stereocenters. The normalized spacial score (nSPS) is 15.4. The molecule has 4 aromatic carbocycles. The number of methoxy groups -OCH3 is 2. The van der Waals surface area contributed by atoms with Crippen molar-refractivity contribution >= 4 is 22.4 Å². The summed E-state index contributed by atoms with van der Waals surface area (Å²) in [5.74, 6) is 1.50. The fraction of sp³-hybridized carbons (Fsp3) is 0.207. The van der Waals surface area contributed by atoms with Crippen LogP contribution in [-0.2, 0) is 11.3 Å². The predicted molar refractivity (Wildman–Crippen MR) is 132 cm³/mol. The van der Waals surface area contributed by atoms with Gasteiger partial charge in [0.15, 0.2) is 0 Å². The number of nitrogens with zero attached hydrogens (tertiary/aromatic N) is 1. The Bertz CT molecular complexity index is 1340. The zero-order chi connectivity index (χ0) is 22.9. The molecule has 166 valence electrons. The summed E-state index contributed by atoms with van der Waals surface area (Å²) in [6, 6.07) is 26.6. The second-order valence-corrected chi connectivity index (χ2v) is 8.49. The van der Waals surface area contributed by atoms with E-state index < -0.39 is 0 Å². The maximum Gasteiger partial charge on any atom is 0.228 e. The minimum Gasteiger partial charge on any atom is -0.497 e. The molecule has 1 aliphatic heterocycles. The molecule has 0 saturated carbocycles. The fourth-order valence-electron chi connectivity index (χ4n) is 4.92. The van der Waals surface area contributed by atoms with Crippen LogP contribution < -0.4 is 14.4 Å². The van der Waals surface area contributed by atoms with E-state index in [0.717, 1.165) is 44.6 Å². The number of ether oxygens (including phenoxy) is 2. The Balaban J connectivity index is 1.72. The van der Waals surface area contributed by atoms with E-state index in [1.54, 1.807) is 14.2 Å². The van der Waals surface area contributed by atoms with Gasteiger partial charge in [0.2, 0.25) is 5.91 Å². The zero-order valence-corrected chi connectivity index (χ0v) is 19.2. The number of hydrogen-bond acceptors (Lipinski definition) is 3. The fourth-order valence-corrected chi connectivity index (χ4v) is 4.92. The number of amides is 1. The largest absolute Gasteiger partial charge is 0.497 e. The summed E-state index contributed by atoms with van der Waals surface area (Å²) in [5.41, 5.74) is 5.43. The van der Waals surface area contributed by atoms with Crippen molar-refractivity contribution in [1.82, 2.24) is 0 Å². The summed E-state index contributed by atoms with van der Waals surface area (Å²) in [6.07, 6.45) is 0.371. The molecular weight excluding hydrogens is 410 g/mol. The molecule has 0 radical (unpaired) electrons. The lowest BCUT2D eigenvalue weighted by atomic mass is 9.80. The van der Waals surface area contributed by atoms with Crippen molar-refractivity contribution < 1.29 is 14.3 Å². The highest BCUT2D eigenvalue weighted by Crippen LogP contribution is 2.47. The lowest BCUT2D eigenvalue weighted by Gasteiger charge is -2.36. The molecule has 0 bridgehead atoms. The number of carbonyl (C=O) groups excluding carboxylic acids is 1. The van der Waals surface area contributed by atoms with Crippen LogP contribution in [0.25, 0.3) is 10.8 Å². The van der Waals surface area contributed by atoms with Gasteiger partial charge in [-0.3, -0.25) is 4.79 Å². The average molecular weight is 438 g/mol. The van der Waals surface area contributed by atoms with E-state index in [9.17, 15) is 4.79 Å². The first-order chi connectivity index (χ1) is 16.1. The number of benzene rings is 4. The highest BCUT2D eigenvalue weighted by Gasteiger charge is 2.35. The molecule has 1 amide bonds. The van der Waals surface area contributed by atoms with Gasteiger partial charge in [-0.05, 0) is 58.7 Å². The van der Waals surface area contributed by atoms with Gasteiger partial charge in [-0.1, -0.05) is 54.6 Å². The molecule has 1 heterocycles. The molecule has 4 nitrogen and oxygen atoms in total. The van der Waals surface area contributed by atoms with Crippen molar-refractivity contribution in [3.8, 4) is 11.5 Å². The smallest absolute Gasteiger partial charge is 0.228 e. The first-order valence-electron chi connectivity index (χ1n) is 11.2. The van der Waals surface area contributed by atoms with Crippen molar-refractivity contribution in [2.75, 3.05) is 19.1 Å². The van der Waals surface area contributed by atoms with E-state index in [1.807, 2.05) is 35.2 Å². The van der Waals surface area contributed by atoms with Gasteiger partial charge in [-0.2, -0.15) is 0 Å². The molecule has 33 heavy (non-hydrogen) atoms. The summed E-state index contributed by atoms with van der Waals surface area (Å²) < 4.78 is 11.2. The van der Waals surface area contributed by atoms with Crippen LogP contribution in [0, 0.1) is 6.92 Å². The summed E-state index contributed by atoms with van der Waals surface area (Å²) in [6.45, 7) is 2.65. The van der Waals surface area contributed by atoms with Crippen molar-refractivity contribution in [3.05, 3.63) is 101 Å². The molecule has 0 N–H and O–H groups in total. The summed E-state index contributed by atoms with van der Waals surface area (Å²) in [7, 11) is 3.33. The number of hydrogen-bond donors (Lipinski definition) is 0. The molecule has 5 rings (SSSR count). The number of carbonyl (C=O) groups is 1. The lowest BCUT2D eigenvalue weighted by molar-refractivity contribution is -0.119. The third-order valence-corrected chi connectivity index (χ3v) is 6.67. The minimum absolute atomic E-state index is 0.107. The summed E-state index contributed by atoms with van der Waals surface area (Å²) >= 11 is 0. The monoisotopic (exact) mass is 437 g/mol. The van der Waals surface area contributed by atoms with E-state index in [2.05, 4.69) is 55.5 Å². The molecule has 4 heteroatoms. The van der Waals surface area contributed by atoms with Crippen molar-refractivity contribution in [1.29, 1.82) is 0 Å². The first kappa shape index (κ1) is 21.1. The van der Waals surface area contributed by atoms with Crippen LogP contribution in [-0.4, -0.2) is 20.1 Å². The summed E-state index contributed by atoms with van der Waals surface area (Å²) in [5, 5.41) is 2.32. The van der Waals surface area contributed by atoms with Crippen LogP contribution in [0.15, 0.2) is 78.9 Å². The van der Waals surface area contributed by atoms with Gasteiger partial charge in [0.25, 0.3) is 0 Å². The van der Waals surface area contributed by atoms with E-state index in [4.69, 9.17) is 9.47 Å². The first-order valence-corrected chi connectivity index (χ1v) is 11.2. The van der Waals surface area contributed by atoms with Gasteiger partial charge in [-0.15, -0.1) is 0 Å². The molecule has 0 aromatic heterocycles. The predicted octanol–water partition coefficient (Wildman–Crippen LogP) is 6.23. The van der Waals surface area contributed by atoms with Crippen molar-refractivity contribution in [2.45, 2.75) is 25.8 Å². The van der Waals surface area contributed by atoms with Crippen LogP contribution in [0.5, 0.6) is 11.5 Å². The molecule has 0 fully saturated rings. The SMILES string of the molecule is COc1ccc(OC)c(C2CC(=O)N(Cc3ccccc3C)c3ccc4ccccc4c32)c1. The molecule has 0 aliphatic carbocycles. The van der Waals surface area contributed by atoms with Crippen LogP contribution in [0.3, 0.4) is 0 Å². The van der Waals surface area contributed by atoms with Crippen LogP contribution >= 0.6 is 0 Å². The Labute approximate surface area is 194 Å². The van der Waals surface area contributed by atoms with Crippen LogP contribution in [0.4, 0.5) is 5.69 Å². The van der Waals surface area contributed by atoms with Gasteiger partial charge in [-0.25, -0.2) is 0 Å². The average Bonchev–Trinajstić information content (AvgIpc) is 2.85. The van der Waals surface area contributed by atoms with Crippen molar-refractivity contribution in [3.63, 3.8) is 0 Å². The Morgan fingerprint density at radius 1 is 0.909 bits per heavy atom. The Morgan fingerprint density at radius 3 is 2.48 bits per heavy atom. The number of rotatable bonds is 5. The molecule has 0 spiro atoms. The van der Waals surface area contributed by atoms with E-state index in [1.165, 1.54) is 5.56 Å². The number of aryl methyl sites for hydroxylation is 1. The zero-order valence-electron chi connectivity index (χ0n) is 19.2.